The van der Waals surface area contributed by atoms with Crippen LogP contribution in [0.1, 0.15) is 44.9 Å². The van der Waals surface area contributed by atoms with Gasteiger partial charge in [0.15, 0.2) is 0 Å². The molecule has 0 heteroatoms. The normalized spacial score (nSPS) is 58.6. The van der Waals surface area contributed by atoms with E-state index in [1.165, 1.54) is 35.5 Å². The quantitative estimate of drug-likeness (QED) is 0.604. The first-order valence-corrected chi connectivity index (χ1v) is 6.43. The summed E-state index contributed by atoms with van der Waals surface area (Å²) in [6.45, 7) is 0. The Hall–Kier alpha value is 0. The lowest BCUT2D eigenvalue weighted by molar-refractivity contribution is 0.111. The second kappa shape index (κ2) is 2.32. The zero-order valence-electron chi connectivity index (χ0n) is 8.41. The van der Waals surface area contributed by atoms with E-state index < -0.39 is 0 Å². The Bertz CT molecular complexity index is 214. The van der Waals surface area contributed by atoms with Crippen LogP contribution in [0.5, 0.6) is 0 Å². The fourth-order valence-corrected chi connectivity index (χ4v) is 4.73. The number of rotatable bonds is 2. The van der Waals surface area contributed by atoms with E-state index in [2.05, 4.69) is 0 Å². The molecule has 13 heavy (non-hydrogen) atoms. The third kappa shape index (κ3) is 0.877. The van der Waals surface area contributed by atoms with Crippen molar-refractivity contribution in [3.63, 3.8) is 0 Å². The highest BCUT2D eigenvalue weighted by Gasteiger charge is 2.58. The lowest BCUT2D eigenvalue weighted by atomic mass is 9.67. The van der Waals surface area contributed by atoms with Crippen molar-refractivity contribution in [3.8, 4) is 0 Å². The second-order valence-corrected chi connectivity index (χ2v) is 6.16. The van der Waals surface area contributed by atoms with E-state index in [9.17, 15) is 0 Å². The molecular formula is C13H20. The molecule has 0 nitrogen and oxygen atoms in total. The van der Waals surface area contributed by atoms with Crippen LogP contribution in [0.25, 0.3) is 0 Å². The summed E-state index contributed by atoms with van der Waals surface area (Å²) in [6.07, 6.45) is 11.2. The average molecular weight is 176 g/mol. The van der Waals surface area contributed by atoms with Gasteiger partial charge in [0.2, 0.25) is 0 Å². The van der Waals surface area contributed by atoms with Crippen molar-refractivity contribution in [1.29, 1.82) is 0 Å². The molecule has 5 fully saturated rings. The summed E-state index contributed by atoms with van der Waals surface area (Å²) < 4.78 is 0. The number of fused-ring (bicyclic) bond motifs is 1. The largest absolute Gasteiger partial charge is 0.0528 e. The van der Waals surface area contributed by atoms with Crippen molar-refractivity contribution in [2.45, 2.75) is 44.9 Å². The molecule has 0 amide bonds. The van der Waals surface area contributed by atoms with Crippen LogP contribution >= 0.6 is 0 Å². The van der Waals surface area contributed by atoms with E-state index in [1.54, 1.807) is 44.9 Å². The standard InChI is InChI=1S/C13H20/c1-2-8(3-1)11-7-12(11)13-9-4-5-10(13)6-9/h8-13H,1-7H2. The summed E-state index contributed by atoms with van der Waals surface area (Å²) in [5.41, 5.74) is 0. The van der Waals surface area contributed by atoms with Crippen LogP contribution in [-0.4, -0.2) is 0 Å². The first-order chi connectivity index (χ1) is 6.43. The Labute approximate surface area is 81.1 Å². The molecule has 0 aromatic rings. The van der Waals surface area contributed by atoms with E-state index in [0.717, 1.165) is 0 Å². The summed E-state index contributed by atoms with van der Waals surface area (Å²) in [4.78, 5) is 0. The molecule has 0 heterocycles. The van der Waals surface area contributed by atoms with Gasteiger partial charge in [-0.05, 0) is 61.2 Å². The van der Waals surface area contributed by atoms with Crippen molar-refractivity contribution in [2.75, 3.05) is 0 Å². The maximum Gasteiger partial charge on any atom is -0.0326 e. The van der Waals surface area contributed by atoms with Gasteiger partial charge in [0.1, 0.15) is 0 Å². The zero-order valence-corrected chi connectivity index (χ0v) is 8.41. The fourth-order valence-electron chi connectivity index (χ4n) is 4.73. The van der Waals surface area contributed by atoms with Crippen LogP contribution in [0, 0.1) is 35.5 Å². The van der Waals surface area contributed by atoms with Gasteiger partial charge in [-0.3, -0.25) is 0 Å². The smallest absolute Gasteiger partial charge is 0.0326 e. The number of hydrogen-bond donors (Lipinski definition) is 0. The van der Waals surface area contributed by atoms with Gasteiger partial charge >= 0.3 is 0 Å². The maximum atomic E-state index is 1.64. The molecule has 72 valence electrons. The third-order valence-electron chi connectivity index (χ3n) is 5.74. The minimum absolute atomic E-state index is 1.20. The lowest BCUT2D eigenvalue weighted by Gasteiger charge is -2.37. The van der Waals surface area contributed by atoms with Gasteiger partial charge in [0.05, 0.1) is 0 Å². The van der Waals surface area contributed by atoms with E-state index in [0.29, 0.717) is 0 Å². The van der Waals surface area contributed by atoms with Gasteiger partial charge in [0.25, 0.3) is 0 Å². The predicted molar refractivity (Wildman–Crippen MR) is 53.3 cm³/mol. The molecular weight excluding hydrogens is 156 g/mol. The van der Waals surface area contributed by atoms with Crippen LogP contribution in [0.2, 0.25) is 0 Å². The Morgan fingerprint density at radius 1 is 0.615 bits per heavy atom. The van der Waals surface area contributed by atoms with Gasteiger partial charge in [-0.1, -0.05) is 19.3 Å². The molecule has 5 saturated carbocycles. The first kappa shape index (κ1) is 7.31. The molecule has 5 rings (SSSR count). The first-order valence-electron chi connectivity index (χ1n) is 6.43. The zero-order chi connectivity index (χ0) is 8.41. The highest BCUT2D eigenvalue weighted by Crippen LogP contribution is 2.66. The summed E-state index contributed by atoms with van der Waals surface area (Å²) in [5.74, 6) is 7.31. The van der Waals surface area contributed by atoms with Crippen molar-refractivity contribution < 1.29 is 0 Å². The molecule has 0 N–H and O–H groups in total. The maximum absolute atomic E-state index is 1.64. The Balaban J connectivity index is 1.43. The average Bonchev–Trinajstić information content (AvgIpc) is 2.46. The van der Waals surface area contributed by atoms with Crippen LogP contribution < -0.4 is 0 Å². The molecule has 0 radical (unpaired) electrons. The topological polar surface area (TPSA) is 0 Å². The monoisotopic (exact) mass is 176 g/mol. The molecule has 4 atom stereocenters. The van der Waals surface area contributed by atoms with Gasteiger partial charge < -0.3 is 0 Å². The highest BCUT2D eigenvalue weighted by atomic mass is 14.6. The summed E-state index contributed by atoms with van der Waals surface area (Å²) in [5, 5.41) is 0. The Kier molecular flexibility index (Phi) is 1.31. The molecule has 0 saturated heterocycles. The highest BCUT2D eigenvalue weighted by molar-refractivity contribution is 5.07. The van der Waals surface area contributed by atoms with E-state index >= 15 is 0 Å². The molecule has 2 bridgehead atoms. The predicted octanol–water partition coefficient (Wildman–Crippen LogP) is 3.47. The van der Waals surface area contributed by atoms with E-state index in [4.69, 9.17) is 0 Å². The van der Waals surface area contributed by atoms with Gasteiger partial charge in [-0.25, -0.2) is 0 Å². The minimum atomic E-state index is 1.20. The summed E-state index contributed by atoms with van der Waals surface area (Å²) >= 11 is 0. The van der Waals surface area contributed by atoms with Crippen molar-refractivity contribution >= 4 is 0 Å². The number of hydrogen-bond acceptors (Lipinski definition) is 0. The summed E-state index contributed by atoms with van der Waals surface area (Å²) in [7, 11) is 0. The van der Waals surface area contributed by atoms with E-state index in [-0.39, 0.29) is 0 Å². The molecule has 0 aromatic carbocycles. The lowest BCUT2D eigenvalue weighted by Crippen LogP contribution is -2.31. The van der Waals surface area contributed by atoms with Crippen molar-refractivity contribution in [3.05, 3.63) is 0 Å². The Morgan fingerprint density at radius 3 is 1.92 bits per heavy atom. The van der Waals surface area contributed by atoms with E-state index in [1.807, 2.05) is 0 Å². The van der Waals surface area contributed by atoms with Crippen molar-refractivity contribution in [2.24, 2.45) is 35.5 Å². The molecule has 5 aliphatic rings. The van der Waals surface area contributed by atoms with Gasteiger partial charge in [0, 0.05) is 0 Å². The third-order valence-corrected chi connectivity index (χ3v) is 5.74. The molecule has 0 aliphatic heterocycles. The van der Waals surface area contributed by atoms with Crippen LogP contribution in [-0.2, 0) is 0 Å². The molecule has 5 aliphatic carbocycles. The minimum Gasteiger partial charge on any atom is -0.0528 e. The fraction of sp³-hybridized carbons (Fsp3) is 1.00. The molecule has 0 spiro atoms. The summed E-state index contributed by atoms with van der Waals surface area (Å²) in [6, 6.07) is 0. The van der Waals surface area contributed by atoms with Gasteiger partial charge in [-0.15, -0.1) is 0 Å². The second-order valence-electron chi connectivity index (χ2n) is 6.16. The SMILES string of the molecule is C1CC(C2CC2C2C3CCC2C3)C1. The van der Waals surface area contributed by atoms with Gasteiger partial charge in [-0.2, -0.15) is 0 Å². The van der Waals surface area contributed by atoms with Crippen LogP contribution in [0.4, 0.5) is 0 Å². The van der Waals surface area contributed by atoms with Crippen molar-refractivity contribution in [1.82, 2.24) is 0 Å². The Morgan fingerprint density at radius 2 is 1.38 bits per heavy atom. The molecule has 0 aromatic heterocycles. The van der Waals surface area contributed by atoms with Crippen LogP contribution in [0.3, 0.4) is 0 Å². The van der Waals surface area contributed by atoms with Crippen LogP contribution in [0.15, 0.2) is 0 Å². The molecule has 4 unspecified atom stereocenters.